The van der Waals surface area contributed by atoms with E-state index >= 15 is 0 Å². The molecule has 1 rings (SSSR count). The number of isocyanates is 1. The van der Waals surface area contributed by atoms with Crippen LogP contribution in [0.15, 0.2) is 23.2 Å². The second kappa shape index (κ2) is 4.43. The molecule has 0 aliphatic heterocycles. The van der Waals surface area contributed by atoms with E-state index < -0.39 is 0 Å². The van der Waals surface area contributed by atoms with Gasteiger partial charge in [-0.1, -0.05) is 25.1 Å². The molecule has 1 aromatic carbocycles. The van der Waals surface area contributed by atoms with E-state index in [0.29, 0.717) is 5.56 Å². The first-order valence-electron chi connectivity index (χ1n) is 4.13. The van der Waals surface area contributed by atoms with Gasteiger partial charge >= 0.3 is 0 Å². The molecule has 68 valence electrons. The van der Waals surface area contributed by atoms with Crippen molar-refractivity contribution in [1.82, 2.24) is 0 Å². The minimum absolute atomic E-state index is 0.198. The molecule has 13 heavy (non-hydrogen) atoms. The van der Waals surface area contributed by atoms with Crippen LogP contribution < -0.4 is 0 Å². The van der Waals surface area contributed by atoms with Crippen LogP contribution >= 0.6 is 0 Å². The van der Waals surface area contributed by atoms with Crippen molar-refractivity contribution in [3.05, 3.63) is 29.3 Å². The van der Waals surface area contributed by atoms with Gasteiger partial charge in [0.15, 0.2) is 0 Å². The second-order valence-electron chi connectivity index (χ2n) is 2.69. The van der Waals surface area contributed by atoms with E-state index in [1.54, 1.807) is 6.07 Å². The Labute approximate surface area is 76.7 Å². The first-order valence-corrected chi connectivity index (χ1v) is 4.13. The third-order valence-electron chi connectivity index (χ3n) is 1.90. The van der Waals surface area contributed by atoms with Crippen molar-refractivity contribution < 1.29 is 9.90 Å². The number of phenols is 1. The lowest BCUT2D eigenvalue weighted by atomic mass is 10.1. The maximum Gasteiger partial charge on any atom is 0.235 e. The fraction of sp³-hybridized carbons (Fsp3) is 0.300. The molecule has 0 fully saturated rings. The van der Waals surface area contributed by atoms with E-state index in [2.05, 4.69) is 4.99 Å². The largest absolute Gasteiger partial charge is 0.507 e. The van der Waals surface area contributed by atoms with E-state index in [-0.39, 0.29) is 12.3 Å². The highest BCUT2D eigenvalue weighted by Crippen LogP contribution is 2.23. The molecule has 1 aromatic rings. The zero-order valence-electron chi connectivity index (χ0n) is 7.45. The zero-order chi connectivity index (χ0) is 9.68. The summed E-state index contributed by atoms with van der Waals surface area (Å²) in [6.07, 6.45) is 2.21. The number of phenolic OH excluding ortho intramolecular Hbond substituents is 1. The van der Waals surface area contributed by atoms with Gasteiger partial charge in [-0.05, 0) is 12.0 Å². The van der Waals surface area contributed by atoms with Crippen LogP contribution in [0, 0.1) is 0 Å². The fourth-order valence-electron chi connectivity index (χ4n) is 1.17. The summed E-state index contributed by atoms with van der Waals surface area (Å²) in [6, 6.07) is 5.44. The van der Waals surface area contributed by atoms with Gasteiger partial charge in [-0.25, -0.2) is 9.79 Å². The van der Waals surface area contributed by atoms with E-state index in [0.717, 1.165) is 12.0 Å². The molecule has 3 heteroatoms. The summed E-state index contributed by atoms with van der Waals surface area (Å²) >= 11 is 0. The molecule has 3 nitrogen and oxygen atoms in total. The highest BCUT2D eigenvalue weighted by Gasteiger charge is 2.03. The molecule has 0 heterocycles. The average molecular weight is 177 g/mol. The Hall–Kier alpha value is -1.60. The van der Waals surface area contributed by atoms with Crippen LogP contribution in [-0.4, -0.2) is 11.2 Å². The number of benzene rings is 1. The molecular weight excluding hydrogens is 166 g/mol. The number of para-hydroxylation sites is 1. The summed E-state index contributed by atoms with van der Waals surface area (Å²) in [5.74, 6) is 0.240. The number of carbonyl (C=O) groups excluding carboxylic acids is 1. The van der Waals surface area contributed by atoms with Crippen molar-refractivity contribution in [3.8, 4) is 5.75 Å². The van der Waals surface area contributed by atoms with Gasteiger partial charge in [0.05, 0.1) is 6.54 Å². The number of hydrogen-bond donors (Lipinski definition) is 1. The maximum atomic E-state index is 9.87. The minimum Gasteiger partial charge on any atom is -0.507 e. The lowest BCUT2D eigenvalue weighted by Gasteiger charge is -2.04. The predicted molar refractivity (Wildman–Crippen MR) is 49.3 cm³/mol. The summed E-state index contributed by atoms with van der Waals surface area (Å²) in [7, 11) is 0. The fourth-order valence-corrected chi connectivity index (χ4v) is 1.17. The molecule has 0 spiro atoms. The molecule has 0 aliphatic rings. The Morgan fingerprint density at radius 2 is 2.15 bits per heavy atom. The van der Waals surface area contributed by atoms with Gasteiger partial charge < -0.3 is 5.11 Å². The summed E-state index contributed by atoms with van der Waals surface area (Å²) < 4.78 is 0. The van der Waals surface area contributed by atoms with E-state index in [1.807, 2.05) is 19.1 Å². The quantitative estimate of drug-likeness (QED) is 0.565. The first-order chi connectivity index (χ1) is 6.29. The molecule has 0 saturated carbocycles. The Kier molecular flexibility index (Phi) is 3.23. The molecule has 0 radical (unpaired) electrons. The van der Waals surface area contributed by atoms with Gasteiger partial charge in [0.1, 0.15) is 5.75 Å². The number of rotatable bonds is 3. The Bertz CT molecular complexity index is 341. The highest BCUT2D eigenvalue weighted by atomic mass is 16.3. The molecule has 0 bridgehead atoms. The van der Waals surface area contributed by atoms with E-state index in [4.69, 9.17) is 0 Å². The average Bonchev–Trinajstić information content (AvgIpc) is 2.16. The third-order valence-corrected chi connectivity index (χ3v) is 1.90. The monoisotopic (exact) mass is 177 g/mol. The minimum atomic E-state index is 0.198. The Morgan fingerprint density at radius 3 is 2.77 bits per heavy atom. The van der Waals surface area contributed by atoms with Crippen LogP contribution in [-0.2, 0) is 17.8 Å². The Morgan fingerprint density at radius 1 is 1.46 bits per heavy atom. The number of hydrogen-bond acceptors (Lipinski definition) is 3. The maximum absolute atomic E-state index is 9.87. The van der Waals surface area contributed by atoms with Gasteiger partial charge in [-0.3, -0.25) is 0 Å². The predicted octanol–water partition coefficient (Wildman–Crippen LogP) is 1.79. The number of aromatic hydroxyl groups is 1. The van der Waals surface area contributed by atoms with Gasteiger partial charge in [0, 0.05) is 5.56 Å². The highest BCUT2D eigenvalue weighted by molar-refractivity contribution is 5.41. The topological polar surface area (TPSA) is 49.7 Å². The van der Waals surface area contributed by atoms with Crippen molar-refractivity contribution in [2.75, 3.05) is 0 Å². The van der Waals surface area contributed by atoms with E-state index in [1.165, 1.54) is 6.08 Å². The van der Waals surface area contributed by atoms with Crippen molar-refractivity contribution in [1.29, 1.82) is 0 Å². The number of aryl methyl sites for hydroxylation is 1. The SMILES string of the molecule is CCc1cccc(CN=C=O)c1O. The van der Waals surface area contributed by atoms with Crippen LogP contribution in [0.4, 0.5) is 0 Å². The normalized spacial score (nSPS) is 9.31. The van der Waals surface area contributed by atoms with Crippen LogP contribution in [0.2, 0.25) is 0 Å². The lowest BCUT2D eigenvalue weighted by molar-refractivity contribution is 0.462. The van der Waals surface area contributed by atoms with Crippen molar-refractivity contribution in [3.63, 3.8) is 0 Å². The third kappa shape index (κ3) is 2.17. The van der Waals surface area contributed by atoms with Gasteiger partial charge in [0.25, 0.3) is 0 Å². The number of aliphatic imine (C=N–C) groups is 1. The summed E-state index contributed by atoms with van der Waals surface area (Å²) in [4.78, 5) is 13.3. The molecule has 1 N–H and O–H groups in total. The standard InChI is InChI=1S/C10H11NO2/c1-2-8-4-3-5-9(10(8)13)6-11-7-12/h3-5,13H,2,6H2,1H3. The molecule has 0 saturated heterocycles. The summed E-state index contributed by atoms with van der Waals surface area (Å²) in [6.45, 7) is 2.16. The molecule has 0 aliphatic carbocycles. The smallest absolute Gasteiger partial charge is 0.235 e. The second-order valence-corrected chi connectivity index (χ2v) is 2.69. The van der Waals surface area contributed by atoms with Gasteiger partial charge in [-0.15, -0.1) is 0 Å². The number of nitrogens with zero attached hydrogens (tertiary/aromatic N) is 1. The van der Waals surface area contributed by atoms with Crippen molar-refractivity contribution in [2.45, 2.75) is 19.9 Å². The molecule has 0 atom stereocenters. The van der Waals surface area contributed by atoms with Crippen LogP contribution in [0.5, 0.6) is 5.75 Å². The Balaban J connectivity index is 3.00. The van der Waals surface area contributed by atoms with E-state index in [9.17, 15) is 9.90 Å². The van der Waals surface area contributed by atoms with Gasteiger partial charge in [-0.2, -0.15) is 0 Å². The molecule has 0 aromatic heterocycles. The lowest BCUT2D eigenvalue weighted by Crippen LogP contribution is -1.88. The molecule has 0 amide bonds. The first kappa shape index (κ1) is 9.49. The van der Waals surface area contributed by atoms with Crippen molar-refractivity contribution in [2.24, 2.45) is 4.99 Å². The summed E-state index contributed by atoms with van der Waals surface area (Å²) in [5, 5.41) is 9.63. The molecular formula is C10H11NO2. The van der Waals surface area contributed by atoms with Crippen LogP contribution in [0.3, 0.4) is 0 Å². The van der Waals surface area contributed by atoms with Crippen LogP contribution in [0.25, 0.3) is 0 Å². The zero-order valence-corrected chi connectivity index (χ0v) is 7.45. The summed E-state index contributed by atoms with van der Waals surface area (Å²) in [5.41, 5.74) is 1.54. The van der Waals surface area contributed by atoms with Crippen LogP contribution in [0.1, 0.15) is 18.1 Å². The van der Waals surface area contributed by atoms with Crippen molar-refractivity contribution >= 4 is 6.08 Å². The van der Waals surface area contributed by atoms with Gasteiger partial charge in [0.2, 0.25) is 6.08 Å². The molecule has 0 unspecified atom stereocenters.